The third-order valence-corrected chi connectivity index (χ3v) is 4.59. The van der Waals surface area contributed by atoms with E-state index in [-0.39, 0.29) is 0 Å². The van der Waals surface area contributed by atoms with Crippen LogP contribution in [0.3, 0.4) is 0 Å². The first-order valence-electron chi connectivity index (χ1n) is 9.39. The van der Waals surface area contributed by atoms with E-state index in [0.717, 1.165) is 24.3 Å². The Morgan fingerprint density at radius 3 is 2.29 bits per heavy atom. The smallest absolute Gasteiger partial charge is 0.314 e. The van der Waals surface area contributed by atoms with Gasteiger partial charge in [0.05, 0.1) is 0 Å². The van der Waals surface area contributed by atoms with Crippen LogP contribution in [0.1, 0.15) is 19.4 Å². The highest BCUT2D eigenvalue weighted by atomic mass is 16.6. The van der Waals surface area contributed by atoms with Gasteiger partial charge in [0.1, 0.15) is 13.2 Å². The van der Waals surface area contributed by atoms with Crippen molar-refractivity contribution in [2.24, 2.45) is 0 Å². The fourth-order valence-corrected chi connectivity index (χ4v) is 3.06. The molecule has 2 aromatic carbocycles. The van der Waals surface area contributed by atoms with E-state index in [1.54, 1.807) is 18.2 Å². The normalized spacial score (nSPS) is 12.2. The third-order valence-electron chi connectivity index (χ3n) is 4.59. The lowest BCUT2D eigenvalue weighted by Crippen LogP contribution is -2.29. The van der Waals surface area contributed by atoms with Gasteiger partial charge in [0.2, 0.25) is 0 Å². The second-order valence-corrected chi connectivity index (χ2v) is 6.44. The number of nitrogens with one attached hydrogen (secondary N) is 2. The number of fused-ring (bicyclic) bond motifs is 1. The Hall–Kier alpha value is -3.22. The van der Waals surface area contributed by atoms with Gasteiger partial charge in [0.15, 0.2) is 11.5 Å². The van der Waals surface area contributed by atoms with Gasteiger partial charge in [-0.1, -0.05) is 0 Å². The number of anilines is 3. The molecule has 1 aliphatic heterocycles. The Kier molecular flexibility index (Phi) is 6.03. The van der Waals surface area contributed by atoms with E-state index in [4.69, 9.17) is 9.47 Å². The van der Waals surface area contributed by atoms with E-state index in [2.05, 4.69) is 29.4 Å². The standard InChI is InChI=1S/C21H25N3O4/c1-4-24(5-2)16-7-8-17(14(3)12-16)23-21(26)20(25)22-15-6-9-18-19(13-15)28-11-10-27-18/h6-9,12-13H,4-5,10-11H2,1-3H3,(H,22,25)(H,23,26). The van der Waals surface area contributed by atoms with Crippen LogP contribution in [0.25, 0.3) is 0 Å². The molecule has 0 saturated carbocycles. The molecule has 0 unspecified atom stereocenters. The molecule has 2 amide bonds. The number of ether oxygens (including phenoxy) is 2. The van der Waals surface area contributed by atoms with Crippen LogP contribution in [-0.2, 0) is 9.59 Å². The second-order valence-electron chi connectivity index (χ2n) is 6.44. The zero-order valence-electron chi connectivity index (χ0n) is 16.4. The molecule has 0 atom stereocenters. The van der Waals surface area contributed by atoms with Crippen molar-refractivity contribution in [1.82, 2.24) is 0 Å². The van der Waals surface area contributed by atoms with Crippen molar-refractivity contribution < 1.29 is 19.1 Å². The summed E-state index contributed by atoms with van der Waals surface area (Å²) in [5, 5.41) is 5.25. The number of carbonyl (C=O) groups excluding carboxylic acids is 2. The lowest BCUT2D eigenvalue weighted by molar-refractivity contribution is -0.133. The van der Waals surface area contributed by atoms with E-state index in [1.165, 1.54) is 0 Å². The number of benzene rings is 2. The van der Waals surface area contributed by atoms with E-state index >= 15 is 0 Å². The molecule has 0 aromatic heterocycles. The van der Waals surface area contributed by atoms with E-state index < -0.39 is 11.8 Å². The molecule has 28 heavy (non-hydrogen) atoms. The number of amides is 2. The fraction of sp³-hybridized carbons (Fsp3) is 0.333. The van der Waals surface area contributed by atoms with Gasteiger partial charge in [0, 0.05) is 36.2 Å². The van der Waals surface area contributed by atoms with Crippen molar-refractivity contribution in [3.8, 4) is 11.5 Å². The maximum absolute atomic E-state index is 12.3. The Balaban J connectivity index is 1.65. The molecule has 7 nitrogen and oxygen atoms in total. The molecule has 1 aliphatic rings. The summed E-state index contributed by atoms with van der Waals surface area (Å²) in [5.74, 6) is -0.303. The molecule has 0 fully saturated rings. The maximum Gasteiger partial charge on any atom is 0.314 e. The van der Waals surface area contributed by atoms with Gasteiger partial charge in [-0.25, -0.2) is 0 Å². The minimum atomic E-state index is -0.746. The van der Waals surface area contributed by atoms with Gasteiger partial charge in [-0.2, -0.15) is 0 Å². The van der Waals surface area contributed by atoms with Crippen LogP contribution >= 0.6 is 0 Å². The van der Waals surface area contributed by atoms with E-state index in [1.807, 2.05) is 25.1 Å². The van der Waals surface area contributed by atoms with Gasteiger partial charge in [-0.15, -0.1) is 0 Å². The molecule has 2 N–H and O–H groups in total. The summed E-state index contributed by atoms with van der Waals surface area (Å²) in [6, 6.07) is 10.8. The lowest BCUT2D eigenvalue weighted by atomic mass is 10.1. The molecule has 0 aliphatic carbocycles. The van der Waals surface area contributed by atoms with Crippen molar-refractivity contribution in [3.05, 3.63) is 42.0 Å². The Morgan fingerprint density at radius 1 is 0.929 bits per heavy atom. The first-order valence-corrected chi connectivity index (χ1v) is 9.39. The van der Waals surface area contributed by atoms with Gasteiger partial charge < -0.3 is 25.0 Å². The highest BCUT2D eigenvalue weighted by Gasteiger charge is 2.18. The van der Waals surface area contributed by atoms with Gasteiger partial charge in [0.25, 0.3) is 0 Å². The predicted octanol–water partition coefficient (Wildman–Crippen LogP) is 3.19. The third kappa shape index (κ3) is 4.36. The largest absolute Gasteiger partial charge is 0.486 e. The molecule has 3 rings (SSSR count). The summed E-state index contributed by atoms with van der Waals surface area (Å²) >= 11 is 0. The number of rotatable bonds is 5. The van der Waals surface area contributed by atoms with Gasteiger partial charge in [-0.3, -0.25) is 9.59 Å². The molecular formula is C21H25N3O4. The molecular weight excluding hydrogens is 358 g/mol. The van der Waals surface area contributed by atoms with Crippen molar-refractivity contribution in [2.75, 3.05) is 41.8 Å². The SMILES string of the molecule is CCN(CC)c1ccc(NC(=O)C(=O)Nc2ccc3c(c2)OCCO3)c(C)c1. The summed E-state index contributed by atoms with van der Waals surface area (Å²) in [6.07, 6.45) is 0. The van der Waals surface area contributed by atoms with Crippen molar-refractivity contribution in [3.63, 3.8) is 0 Å². The predicted molar refractivity (Wildman–Crippen MR) is 109 cm³/mol. The van der Waals surface area contributed by atoms with Crippen LogP contribution in [0.2, 0.25) is 0 Å². The van der Waals surface area contributed by atoms with Crippen LogP contribution in [0.15, 0.2) is 36.4 Å². The first-order chi connectivity index (χ1) is 13.5. The quantitative estimate of drug-likeness (QED) is 0.775. The molecule has 148 valence electrons. The Labute approximate surface area is 164 Å². The van der Waals surface area contributed by atoms with Crippen LogP contribution in [-0.4, -0.2) is 38.1 Å². The van der Waals surface area contributed by atoms with Crippen molar-refractivity contribution >= 4 is 28.9 Å². The Morgan fingerprint density at radius 2 is 1.61 bits per heavy atom. The highest BCUT2D eigenvalue weighted by Crippen LogP contribution is 2.32. The Bertz CT molecular complexity index is 878. The molecule has 0 bridgehead atoms. The minimum Gasteiger partial charge on any atom is -0.486 e. The highest BCUT2D eigenvalue weighted by molar-refractivity contribution is 6.43. The number of aryl methyl sites for hydroxylation is 1. The molecule has 2 aromatic rings. The van der Waals surface area contributed by atoms with E-state index in [9.17, 15) is 9.59 Å². The lowest BCUT2D eigenvalue weighted by Gasteiger charge is -2.22. The summed E-state index contributed by atoms with van der Waals surface area (Å²) in [4.78, 5) is 26.8. The van der Waals surface area contributed by atoms with Gasteiger partial charge >= 0.3 is 11.8 Å². The molecule has 0 spiro atoms. The number of hydrogen-bond donors (Lipinski definition) is 2. The number of carbonyl (C=O) groups is 2. The molecule has 0 saturated heterocycles. The molecule has 1 heterocycles. The van der Waals surface area contributed by atoms with Crippen LogP contribution in [0.4, 0.5) is 17.1 Å². The summed E-state index contributed by atoms with van der Waals surface area (Å²) < 4.78 is 10.9. The van der Waals surface area contributed by atoms with Crippen LogP contribution in [0, 0.1) is 6.92 Å². The monoisotopic (exact) mass is 383 g/mol. The van der Waals surface area contributed by atoms with Crippen molar-refractivity contribution in [2.45, 2.75) is 20.8 Å². The van der Waals surface area contributed by atoms with Gasteiger partial charge in [-0.05, 0) is 56.7 Å². The number of hydrogen-bond acceptors (Lipinski definition) is 5. The molecule has 0 radical (unpaired) electrons. The summed E-state index contributed by atoms with van der Waals surface area (Å²) in [5.41, 5.74) is 3.06. The van der Waals surface area contributed by atoms with Crippen LogP contribution < -0.4 is 25.0 Å². The minimum absolute atomic E-state index is 0.452. The average molecular weight is 383 g/mol. The topological polar surface area (TPSA) is 79.9 Å². The molecule has 7 heteroatoms. The zero-order valence-corrected chi connectivity index (χ0v) is 16.4. The first kappa shape index (κ1) is 19.5. The van der Waals surface area contributed by atoms with Crippen LogP contribution in [0.5, 0.6) is 11.5 Å². The zero-order chi connectivity index (χ0) is 20.1. The van der Waals surface area contributed by atoms with E-state index in [0.29, 0.717) is 36.1 Å². The maximum atomic E-state index is 12.3. The summed E-state index contributed by atoms with van der Waals surface area (Å²) in [7, 11) is 0. The summed E-state index contributed by atoms with van der Waals surface area (Å²) in [6.45, 7) is 8.84. The number of nitrogens with zero attached hydrogens (tertiary/aromatic N) is 1. The fourth-order valence-electron chi connectivity index (χ4n) is 3.06. The second kappa shape index (κ2) is 8.65. The average Bonchev–Trinajstić information content (AvgIpc) is 2.70. The van der Waals surface area contributed by atoms with Crippen molar-refractivity contribution in [1.29, 1.82) is 0 Å².